The normalized spacial score (nSPS) is 26.9. The monoisotopic (exact) mass is 374 g/mol. The number of hydrogen-bond acceptors (Lipinski definition) is 5. The second kappa shape index (κ2) is 7.50. The highest BCUT2D eigenvalue weighted by Crippen LogP contribution is 2.43. The van der Waals surface area contributed by atoms with Crippen LogP contribution >= 0.6 is 0 Å². The average molecular weight is 375 g/mol. The Bertz CT molecular complexity index is 580. The minimum absolute atomic E-state index is 0.0315. The average Bonchev–Trinajstić information content (AvgIpc) is 3.37. The van der Waals surface area contributed by atoms with Gasteiger partial charge in [0.2, 0.25) is 15.9 Å². The van der Waals surface area contributed by atoms with Gasteiger partial charge in [0.1, 0.15) is 6.61 Å². The molecule has 1 spiro atoms. The van der Waals surface area contributed by atoms with Crippen molar-refractivity contribution >= 4 is 15.9 Å². The molecule has 8 heteroatoms. The van der Waals surface area contributed by atoms with Crippen LogP contribution in [0, 0.1) is 5.92 Å². The zero-order valence-corrected chi connectivity index (χ0v) is 16.1. The molecule has 1 atom stereocenters. The van der Waals surface area contributed by atoms with E-state index in [1.807, 2.05) is 0 Å². The van der Waals surface area contributed by atoms with E-state index >= 15 is 0 Å². The Morgan fingerprint density at radius 3 is 2.52 bits per heavy atom. The van der Waals surface area contributed by atoms with Crippen LogP contribution in [-0.4, -0.2) is 81.4 Å². The molecular weight excluding hydrogens is 344 g/mol. The molecule has 1 unspecified atom stereocenters. The summed E-state index contributed by atoms with van der Waals surface area (Å²) in [6.07, 6.45) is 5.00. The molecule has 144 valence electrons. The first kappa shape index (κ1) is 19.1. The molecule has 2 heterocycles. The van der Waals surface area contributed by atoms with Gasteiger partial charge in [-0.25, -0.2) is 12.7 Å². The predicted octanol–water partition coefficient (Wildman–Crippen LogP) is 0.845. The first-order chi connectivity index (χ1) is 11.8. The van der Waals surface area contributed by atoms with Crippen molar-refractivity contribution in [3.63, 3.8) is 0 Å². The van der Waals surface area contributed by atoms with Gasteiger partial charge in [-0.2, -0.15) is 0 Å². The van der Waals surface area contributed by atoms with E-state index in [9.17, 15) is 13.2 Å². The summed E-state index contributed by atoms with van der Waals surface area (Å²) >= 11 is 0. The second-order valence-electron chi connectivity index (χ2n) is 7.67. The fraction of sp³-hybridized carbons (Fsp3) is 0.941. The lowest BCUT2D eigenvalue weighted by molar-refractivity contribution is -0.133. The van der Waals surface area contributed by atoms with E-state index in [1.54, 1.807) is 18.4 Å². The smallest absolute Gasteiger partial charge is 0.248 e. The maximum Gasteiger partial charge on any atom is 0.248 e. The van der Waals surface area contributed by atoms with Gasteiger partial charge in [-0.15, -0.1) is 0 Å². The third-order valence-corrected chi connectivity index (χ3v) is 8.21. The maximum atomic E-state index is 12.4. The van der Waals surface area contributed by atoms with E-state index < -0.39 is 10.0 Å². The van der Waals surface area contributed by atoms with E-state index in [-0.39, 0.29) is 23.4 Å². The Kier molecular flexibility index (Phi) is 5.72. The van der Waals surface area contributed by atoms with Gasteiger partial charge in [-0.05, 0) is 44.4 Å². The molecule has 0 aromatic rings. The molecule has 0 bridgehead atoms. The fourth-order valence-electron chi connectivity index (χ4n) is 3.96. The first-order valence-corrected chi connectivity index (χ1v) is 10.8. The van der Waals surface area contributed by atoms with Crippen LogP contribution < -0.4 is 0 Å². The van der Waals surface area contributed by atoms with Crippen LogP contribution in [-0.2, 0) is 24.3 Å². The molecule has 25 heavy (non-hydrogen) atoms. The number of sulfonamides is 1. The van der Waals surface area contributed by atoms with Crippen LogP contribution in [0.4, 0.5) is 0 Å². The minimum atomic E-state index is -3.08. The number of nitrogens with zero attached hydrogens (tertiary/aromatic N) is 2. The van der Waals surface area contributed by atoms with Crippen molar-refractivity contribution in [3.8, 4) is 0 Å². The molecule has 0 aromatic heterocycles. The molecule has 2 saturated heterocycles. The van der Waals surface area contributed by atoms with Crippen molar-refractivity contribution in [3.05, 3.63) is 0 Å². The largest absolute Gasteiger partial charge is 0.375 e. The highest BCUT2D eigenvalue weighted by Gasteiger charge is 2.49. The molecule has 0 radical (unpaired) electrons. The Balaban J connectivity index is 1.47. The van der Waals surface area contributed by atoms with Gasteiger partial charge in [0.15, 0.2) is 0 Å². The Hall–Kier alpha value is -0.700. The summed E-state index contributed by atoms with van der Waals surface area (Å²) in [5.41, 5.74) is -0.204. The molecule has 1 aliphatic carbocycles. The SMILES string of the molecule is CN(C)C(=O)COCCC1CCOC12CCN(S(=O)(=O)C1CC1)CC2. The van der Waals surface area contributed by atoms with Gasteiger partial charge >= 0.3 is 0 Å². The van der Waals surface area contributed by atoms with Crippen LogP contribution in [0.3, 0.4) is 0 Å². The molecule has 3 fully saturated rings. The standard InChI is InChI=1S/C17H30N2O5S/c1-18(2)16(20)13-23-11-5-14-6-12-24-17(14)7-9-19(10-8-17)25(21,22)15-3-4-15/h14-15H,3-13H2,1-2H3. The molecule has 0 aromatic carbocycles. The summed E-state index contributed by atoms with van der Waals surface area (Å²) < 4.78 is 38.1. The fourth-order valence-corrected chi connectivity index (χ4v) is 5.80. The van der Waals surface area contributed by atoms with Gasteiger partial charge in [0.05, 0.1) is 10.9 Å². The van der Waals surface area contributed by atoms with Crippen LogP contribution in [0.1, 0.15) is 38.5 Å². The van der Waals surface area contributed by atoms with Crippen LogP contribution in [0.15, 0.2) is 0 Å². The second-order valence-corrected chi connectivity index (χ2v) is 9.88. The van der Waals surface area contributed by atoms with Crippen LogP contribution in [0.25, 0.3) is 0 Å². The van der Waals surface area contributed by atoms with E-state index in [4.69, 9.17) is 9.47 Å². The summed E-state index contributed by atoms with van der Waals surface area (Å²) in [4.78, 5) is 13.1. The Morgan fingerprint density at radius 1 is 1.24 bits per heavy atom. The molecule has 1 amide bonds. The topological polar surface area (TPSA) is 76.2 Å². The molecule has 2 aliphatic heterocycles. The summed E-state index contributed by atoms with van der Waals surface area (Å²) in [6.45, 7) is 2.52. The molecular formula is C17H30N2O5S. The Labute approximate surface area is 150 Å². The van der Waals surface area contributed by atoms with Gasteiger partial charge in [-0.3, -0.25) is 4.79 Å². The molecule has 3 rings (SSSR count). The number of carbonyl (C=O) groups excluding carboxylic acids is 1. The third kappa shape index (κ3) is 4.18. The zero-order valence-electron chi connectivity index (χ0n) is 15.3. The van der Waals surface area contributed by atoms with E-state index in [1.165, 1.54) is 4.90 Å². The molecule has 3 aliphatic rings. The van der Waals surface area contributed by atoms with Crippen LogP contribution in [0.2, 0.25) is 0 Å². The van der Waals surface area contributed by atoms with Crippen molar-refractivity contribution in [2.75, 3.05) is 47.0 Å². The predicted molar refractivity (Wildman–Crippen MR) is 93.7 cm³/mol. The number of piperidine rings is 1. The first-order valence-electron chi connectivity index (χ1n) is 9.26. The third-order valence-electron chi connectivity index (χ3n) is 5.81. The number of carbonyl (C=O) groups is 1. The van der Waals surface area contributed by atoms with Crippen molar-refractivity contribution < 1.29 is 22.7 Å². The van der Waals surface area contributed by atoms with Crippen molar-refractivity contribution in [1.82, 2.24) is 9.21 Å². The number of hydrogen-bond donors (Lipinski definition) is 0. The lowest BCUT2D eigenvalue weighted by Gasteiger charge is -2.41. The number of rotatable bonds is 7. The summed E-state index contributed by atoms with van der Waals surface area (Å²) in [5, 5.41) is -0.135. The zero-order chi connectivity index (χ0) is 18.1. The minimum Gasteiger partial charge on any atom is -0.375 e. The lowest BCUT2D eigenvalue weighted by Crippen LogP contribution is -2.50. The number of amides is 1. The summed E-state index contributed by atoms with van der Waals surface area (Å²) in [7, 11) is 0.354. The summed E-state index contributed by atoms with van der Waals surface area (Å²) in [6, 6.07) is 0. The van der Waals surface area contributed by atoms with E-state index in [2.05, 4.69) is 0 Å². The lowest BCUT2D eigenvalue weighted by atomic mass is 9.78. The number of likely N-dealkylation sites (N-methyl/N-ethyl adjacent to an activating group) is 1. The van der Waals surface area contributed by atoms with E-state index in [0.717, 1.165) is 45.1 Å². The molecule has 7 nitrogen and oxygen atoms in total. The van der Waals surface area contributed by atoms with Gasteiger partial charge in [0.25, 0.3) is 0 Å². The number of ether oxygens (including phenoxy) is 2. The highest BCUT2D eigenvalue weighted by atomic mass is 32.2. The van der Waals surface area contributed by atoms with Crippen LogP contribution in [0.5, 0.6) is 0 Å². The highest BCUT2D eigenvalue weighted by molar-refractivity contribution is 7.90. The van der Waals surface area contributed by atoms with Crippen molar-refractivity contribution in [2.24, 2.45) is 5.92 Å². The Morgan fingerprint density at radius 2 is 1.92 bits per heavy atom. The van der Waals surface area contributed by atoms with Gasteiger partial charge < -0.3 is 14.4 Å². The quantitative estimate of drug-likeness (QED) is 0.618. The maximum absolute atomic E-state index is 12.4. The summed E-state index contributed by atoms with van der Waals surface area (Å²) in [5.74, 6) is 0.351. The molecule has 1 saturated carbocycles. The van der Waals surface area contributed by atoms with Crippen molar-refractivity contribution in [1.29, 1.82) is 0 Å². The van der Waals surface area contributed by atoms with Gasteiger partial charge in [0, 0.05) is 40.4 Å². The van der Waals surface area contributed by atoms with E-state index in [0.29, 0.717) is 25.6 Å². The van der Waals surface area contributed by atoms with Gasteiger partial charge in [-0.1, -0.05) is 0 Å². The molecule has 0 N–H and O–H groups in total. The van der Waals surface area contributed by atoms with Crippen molar-refractivity contribution in [2.45, 2.75) is 49.4 Å².